The zero-order valence-electron chi connectivity index (χ0n) is 30.6. The van der Waals surface area contributed by atoms with Crippen LogP contribution in [0.2, 0.25) is 0 Å². The molecule has 0 amide bonds. The molecule has 0 saturated carbocycles. The number of aliphatic hydroxyl groups excluding tert-OH is 1. The largest absolute Gasteiger partial charge is 1.00 e. The Labute approximate surface area is 285 Å². The first-order chi connectivity index (χ1) is 21.2. The highest BCUT2D eigenvalue weighted by Crippen LogP contribution is 2.16. The van der Waals surface area contributed by atoms with Gasteiger partial charge in [0.2, 0.25) is 0 Å². The lowest BCUT2D eigenvalue weighted by Crippen LogP contribution is -3.00. The fourth-order valence-electron chi connectivity index (χ4n) is 6.42. The standard InChI is InChI=1S/C41H82NO.ClH/c1-4-6-8-10-12-14-16-18-20-22-24-26-28-30-32-34-38-42(3,40-36-37-41-43)39-35-33-31-29-27-25-23-21-19-17-15-13-11-9-7-5-2;/h18-21,43H,4-17,22-41H2,1-3H3;1H/q+1;/p-1/b20-18-,21-19-;. The molecule has 0 fully saturated rings. The van der Waals surface area contributed by atoms with Gasteiger partial charge in [0, 0.05) is 6.61 Å². The van der Waals surface area contributed by atoms with E-state index in [1.165, 1.54) is 210 Å². The van der Waals surface area contributed by atoms with Gasteiger partial charge in [-0.05, 0) is 89.9 Å². The van der Waals surface area contributed by atoms with Gasteiger partial charge in [0.05, 0.1) is 26.7 Å². The number of quaternary nitrogens is 1. The highest BCUT2D eigenvalue weighted by atomic mass is 35.5. The van der Waals surface area contributed by atoms with E-state index >= 15 is 0 Å². The number of halogens is 1. The maximum absolute atomic E-state index is 9.30. The van der Waals surface area contributed by atoms with Gasteiger partial charge >= 0.3 is 0 Å². The third kappa shape index (κ3) is 36.2. The molecule has 0 aliphatic rings. The van der Waals surface area contributed by atoms with E-state index < -0.39 is 0 Å². The third-order valence-electron chi connectivity index (χ3n) is 9.53. The summed E-state index contributed by atoms with van der Waals surface area (Å²) in [7, 11) is 2.49. The summed E-state index contributed by atoms with van der Waals surface area (Å²) in [6, 6.07) is 0. The second-order valence-corrected chi connectivity index (χ2v) is 14.1. The Morgan fingerprint density at radius 1 is 0.364 bits per heavy atom. The minimum Gasteiger partial charge on any atom is -1.00 e. The Morgan fingerprint density at radius 2 is 0.614 bits per heavy atom. The summed E-state index contributed by atoms with van der Waals surface area (Å²) in [5.41, 5.74) is 0. The van der Waals surface area contributed by atoms with E-state index in [0.717, 1.165) is 6.42 Å². The Bertz CT molecular complexity index is 533. The molecule has 0 radical (unpaired) electrons. The van der Waals surface area contributed by atoms with Crippen molar-refractivity contribution in [3.63, 3.8) is 0 Å². The summed E-state index contributed by atoms with van der Waals surface area (Å²) in [5.74, 6) is 0. The second-order valence-electron chi connectivity index (χ2n) is 14.1. The van der Waals surface area contributed by atoms with Crippen LogP contribution >= 0.6 is 0 Å². The van der Waals surface area contributed by atoms with E-state index in [2.05, 4.69) is 45.2 Å². The summed E-state index contributed by atoms with van der Waals surface area (Å²) in [4.78, 5) is 0. The van der Waals surface area contributed by atoms with E-state index in [1.54, 1.807) is 0 Å². The Kier molecular flexibility index (Phi) is 40.5. The van der Waals surface area contributed by atoms with Crippen molar-refractivity contribution in [1.29, 1.82) is 0 Å². The SMILES string of the molecule is CCCCCCCC/C=C\CCCCCCCC[N+](C)(CCCCO)CCCCCCCC/C=C\CCCCCCCC.[Cl-]. The number of rotatable bonds is 36. The van der Waals surface area contributed by atoms with Gasteiger partial charge in [-0.2, -0.15) is 0 Å². The van der Waals surface area contributed by atoms with Crippen LogP contribution in [-0.2, 0) is 0 Å². The molecule has 0 aromatic heterocycles. The maximum atomic E-state index is 9.30. The second kappa shape index (κ2) is 38.9. The van der Waals surface area contributed by atoms with E-state index in [-0.39, 0.29) is 12.4 Å². The van der Waals surface area contributed by atoms with Crippen LogP contribution < -0.4 is 12.4 Å². The minimum absolute atomic E-state index is 0. The van der Waals surface area contributed by atoms with Crippen LogP contribution in [0.1, 0.15) is 206 Å². The predicted octanol–water partition coefficient (Wildman–Crippen LogP) is 10.3. The van der Waals surface area contributed by atoms with Crippen molar-refractivity contribution in [3.8, 4) is 0 Å². The average molecular weight is 641 g/mol. The number of unbranched alkanes of at least 4 members (excludes halogenated alkanes) is 25. The van der Waals surface area contributed by atoms with Gasteiger partial charge in [-0.1, -0.05) is 141 Å². The summed E-state index contributed by atoms with van der Waals surface area (Å²) in [6.07, 6.45) is 50.6. The van der Waals surface area contributed by atoms with Crippen LogP contribution in [-0.4, -0.2) is 42.9 Å². The van der Waals surface area contributed by atoms with Gasteiger partial charge < -0.3 is 22.0 Å². The number of nitrogens with zero attached hydrogens (tertiary/aromatic N) is 1. The first-order valence-corrected chi connectivity index (χ1v) is 19.9. The van der Waals surface area contributed by atoms with Gasteiger partial charge in [-0.15, -0.1) is 0 Å². The van der Waals surface area contributed by atoms with Gasteiger partial charge in [0.15, 0.2) is 0 Å². The molecule has 264 valence electrons. The molecule has 3 heteroatoms. The molecule has 0 aliphatic carbocycles. The quantitative estimate of drug-likeness (QED) is 0.0411. The third-order valence-corrected chi connectivity index (χ3v) is 9.53. The van der Waals surface area contributed by atoms with Crippen LogP contribution in [0, 0.1) is 0 Å². The molecular weight excluding hydrogens is 558 g/mol. The Balaban J connectivity index is 0. The van der Waals surface area contributed by atoms with Gasteiger partial charge in [-0.25, -0.2) is 0 Å². The zero-order valence-corrected chi connectivity index (χ0v) is 31.4. The molecule has 0 unspecified atom stereocenters. The fourth-order valence-corrected chi connectivity index (χ4v) is 6.42. The summed E-state index contributed by atoms with van der Waals surface area (Å²) >= 11 is 0. The summed E-state index contributed by atoms with van der Waals surface area (Å²) in [6.45, 7) is 8.85. The molecule has 0 heterocycles. The molecule has 44 heavy (non-hydrogen) atoms. The van der Waals surface area contributed by atoms with Gasteiger partial charge in [0.25, 0.3) is 0 Å². The first kappa shape index (κ1) is 45.8. The van der Waals surface area contributed by atoms with Gasteiger partial charge in [0.1, 0.15) is 0 Å². The minimum atomic E-state index is 0. The zero-order chi connectivity index (χ0) is 31.4. The highest BCUT2D eigenvalue weighted by Gasteiger charge is 2.20. The van der Waals surface area contributed by atoms with Crippen LogP contribution in [0.5, 0.6) is 0 Å². The van der Waals surface area contributed by atoms with E-state index in [0.29, 0.717) is 6.61 Å². The molecule has 0 aliphatic heterocycles. The van der Waals surface area contributed by atoms with Crippen molar-refractivity contribution >= 4 is 0 Å². The van der Waals surface area contributed by atoms with Crippen molar-refractivity contribution < 1.29 is 22.0 Å². The van der Waals surface area contributed by atoms with Gasteiger partial charge in [-0.3, -0.25) is 0 Å². The normalized spacial score (nSPS) is 12.1. The molecule has 0 rings (SSSR count). The lowest BCUT2D eigenvalue weighted by atomic mass is 10.1. The Morgan fingerprint density at radius 3 is 0.909 bits per heavy atom. The number of hydrogen-bond acceptors (Lipinski definition) is 1. The first-order valence-electron chi connectivity index (χ1n) is 19.9. The number of aliphatic hydroxyl groups is 1. The summed E-state index contributed by atoms with van der Waals surface area (Å²) in [5, 5.41) is 9.30. The predicted molar refractivity (Wildman–Crippen MR) is 196 cm³/mol. The molecular formula is C41H82ClNO. The molecule has 2 nitrogen and oxygen atoms in total. The van der Waals surface area contributed by atoms with Crippen molar-refractivity contribution in [3.05, 3.63) is 24.3 Å². The smallest absolute Gasteiger partial charge is 0.0785 e. The van der Waals surface area contributed by atoms with E-state index in [4.69, 9.17) is 0 Å². The molecule has 0 atom stereocenters. The topological polar surface area (TPSA) is 20.2 Å². The molecule has 0 bridgehead atoms. The average Bonchev–Trinajstić information content (AvgIpc) is 3.01. The number of allylic oxidation sites excluding steroid dienone is 4. The van der Waals surface area contributed by atoms with E-state index in [1.807, 2.05) is 0 Å². The van der Waals surface area contributed by atoms with Crippen molar-refractivity contribution in [1.82, 2.24) is 0 Å². The molecule has 0 spiro atoms. The van der Waals surface area contributed by atoms with E-state index in [9.17, 15) is 5.11 Å². The van der Waals surface area contributed by atoms with Crippen molar-refractivity contribution in [2.75, 3.05) is 33.3 Å². The maximum Gasteiger partial charge on any atom is 0.0785 e. The Hall–Kier alpha value is -0.310. The van der Waals surface area contributed by atoms with Crippen LogP contribution in [0.3, 0.4) is 0 Å². The lowest BCUT2D eigenvalue weighted by Gasteiger charge is -2.35. The van der Waals surface area contributed by atoms with Crippen molar-refractivity contribution in [2.45, 2.75) is 206 Å². The van der Waals surface area contributed by atoms with Crippen molar-refractivity contribution in [2.24, 2.45) is 0 Å². The monoisotopic (exact) mass is 640 g/mol. The number of hydrogen-bond donors (Lipinski definition) is 1. The molecule has 0 aromatic carbocycles. The molecule has 1 N–H and O–H groups in total. The molecule has 0 saturated heterocycles. The molecule has 0 aromatic rings. The van der Waals surface area contributed by atoms with Crippen LogP contribution in [0.25, 0.3) is 0 Å². The fraction of sp³-hybridized carbons (Fsp3) is 0.902. The van der Waals surface area contributed by atoms with Crippen LogP contribution in [0.15, 0.2) is 24.3 Å². The van der Waals surface area contributed by atoms with Crippen LogP contribution in [0.4, 0.5) is 0 Å². The summed E-state index contributed by atoms with van der Waals surface area (Å²) < 4.78 is 1.23. The highest BCUT2D eigenvalue weighted by molar-refractivity contribution is 4.82. The lowest BCUT2D eigenvalue weighted by molar-refractivity contribution is -0.910.